The Balaban J connectivity index is 2.56. The van der Waals surface area contributed by atoms with Crippen LogP contribution in [0.5, 0.6) is 0 Å². The maximum atomic E-state index is 11.4. The van der Waals surface area contributed by atoms with E-state index >= 15 is 0 Å². The largest absolute Gasteiger partial charge is 0.398 e. The molecule has 0 saturated carbocycles. The number of carbonyl (C=O) groups excluding carboxylic acids is 1. The van der Waals surface area contributed by atoms with E-state index in [-0.39, 0.29) is 12.2 Å². The number of aliphatic imine (C=N–C) groups is 1. The Morgan fingerprint density at radius 3 is 2.52 bits per heavy atom. The molecule has 2 aromatic rings. The molecule has 2 rings (SSSR count). The lowest BCUT2D eigenvalue weighted by molar-refractivity contribution is -0.384. The zero-order chi connectivity index (χ0) is 16.8. The van der Waals surface area contributed by atoms with E-state index < -0.39 is 10.8 Å². The molecule has 0 radical (unpaired) electrons. The number of carbonyl (C=O) groups is 1. The number of nitrogen functional groups attached to an aromatic ring is 1. The molecule has 1 amide bonds. The Hall–Kier alpha value is -3.26. The van der Waals surface area contributed by atoms with Crippen LogP contribution in [0.3, 0.4) is 0 Å². The molecule has 0 bridgehead atoms. The summed E-state index contributed by atoms with van der Waals surface area (Å²) in [5.74, 6) is 4.56. The Morgan fingerprint density at radius 2 is 1.91 bits per heavy atom. The van der Waals surface area contributed by atoms with Crippen LogP contribution in [-0.2, 0) is 4.79 Å². The Labute approximate surface area is 131 Å². The molecule has 0 fully saturated rings. The fourth-order valence-corrected chi connectivity index (χ4v) is 1.99. The van der Waals surface area contributed by atoms with E-state index in [1.165, 1.54) is 18.2 Å². The zero-order valence-corrected chi connectivity index (χ0v) is 12.1. The van der Waals surface area contributed by atoms with Crippen LogP contribution in [-0.4, -0.2) is 23.1 Å². The monoisotopic (exact) mass is 313 g/mol. The van der Waals surface area contributed by atoms with Crippen LogP contribution < -0.4 is 17.0 Å². The number of nitrogens with two attached hydrogens (primary N) is 2. The molecule has 0 aliphatic heterocycles. The normalized spacial score (nSPS) is 11.1. The van der Waals surface area contributed by atoms with Gasteiger partial charge in [0.2, 0.25) is 0 Å². The van der Waals surface area contributed by atoms with Crippen molar-refractivity contribution in [2.45, 2.75) is 0 Å². The van der Waals surface area contributed by atoms with Gasteiger partial charge >= 0.3 is 0 Å². The van der Waals surface area contributed by atoms with Gasteiger partial charge in [0.15, 0.2) is 0 Å². The molecule has 23 heavy (non-hydrogen) atoms. The molecule has 0 spiro atoms. The van der Waals surface area contributed by atoms with Crippen molar-refractivity contribution in [1.29, 1.82) is 0 Å². The van der Waals surface area contributed by atoms with Gasteiger partial charge in [0.25, 0.3) is 11.6 Å². The van der Waals surface area contributed by atoms with E-state index in [1.54, 1.807) is 24.3 Å². The van der Waals surface area contributed by atoms with Crippen LogP contribution in [0.15, 0.2) is 53.5 Å². The number of amides is 1. The summed E-state index contributed by atoms with van der Waals surface area (Å²) in [5.41, 5.74) is 9.59. The van der Waals surface area contributed by atoms with Crippen molar-refractivity contribution in [2.24, 2.45) is 10.8 Å². The standard InChI is InChI=1S/C15H15N5O3/c16-13-7-6-11(20(22)23)8-12(13)15(18-9-14(21)19-17)10-4-2-1-3-5-10/h1-8H,9,16-17H2,(H,19,21). The summed E-state index contributed by atoms with van der Waals surface area (Å²) in [6.45, 7) is -0.219. The number of anilines is 1. The Kier molecular flexibility index (Phi) is 5.00. The first kappa shape index (κ1) is 16.1. The summed E-state index contributed by atoms with van der Waals surface area (Å²) >= 11 is 0. The maximum Gasteiger partial charge on any atom is 0.270 e. The second kappa shape index (κ2) is 7.14. The molecule has 5 N–H and O–H groups in total. The summed E-state index contributed by atoms with van der Waals surface area (Å²) < 4.78 is 0. The SMILES string of the molecule is NNC(=O)CN=C(c1ccccc1)c1cc([N+](=O)[O-])ccc1N. The third kappa shape index (κ3) is 3.89. The smallest absolute Gasteiger partial charge is 0.270 e. The van der Waals surface area contributed by atoms with Gasteiger partial charge in [0, 0.05) is 28.9 Å². The average Bonchev–Trinajstić information content (AvgIpc) is 2.57. The molecular formula is C15H15N5O3. The predicted octanol–water partition coefficient (Wildman–Crippen LogP) is 1.00. The van der Waals surface area contributed by atoms with Crippen molar-refractivity contribution < 1.29 is 9.72 Å². The van der Waals surface area contributed by atoms with Crippen molar-refractivity contribution in [3.63, 3.8) is 0 Å². The van der Waals surface area contributed by atoms with Gasteiger partial charge in [0.1, 0.15) is 6.54 Å². The first-order valence-corrected chi connectivity index (χ1v) is 6.66. The number of nitro groups is 1. The summed E-state index contributed by atoms with van der Waals surface area (Å²) in [5, 5.41) is 11.0. The number of nitrogens with one attached hydrogen (secondary N) is 1. The van der Waals surface area contributed by atoms with Gasteiger partial charge in [-0.15, -0.1) is 0 Å². The highest BCUT2D eigenvalue weighted by Crippen LogP contribution is 2.23. The first-order valence-electron chi connectivity index (χ1n) is 6.66. The molecule has 8 nitrogen and oxygen atoms in total. The lowest BCUT2D eigenvalue weighted by Crippen LogP contribution is -2.32. The van der Waals surface area contributed by atoms with Crippen molar-refractivity contribution in [1.82, 2.24) is 5.43 Å². The van der Waals surface area contributed by atoms with Crippen molar-refractivity contribution in [3.8, 4) is 0 Å². The Morgan fingerprint density at radius 1 is 1.22 bits per heavy atom. The third-order valence-electron chi connectivity index (χ3n) is 3.09. The van der Waals surface area contributed by atoms with E-state index in [2.05, 4.69) is 4.99 Å². The van der Waals surface area contributed by atoms with E-state index in [1.807, 2.05) is 11.5 Å². The molecular weight excluding hydrogens is 298 g/mol. The molecule has 118 valence electrons. The minimum Gasteiger partial charge on any atom is -0.398 e. The number of rotatable bonds is 5. The van der Waals surface area contributed by atoms with Crippen LogP contribution in [0.4, 0.5) is 11.4 Å². The van der Waals surface area contributed by atoms with Gasteiger partial charge in [0.05, 0.1) is 10.6 Å². The van der Waals surface area contributed by atoms with E-state index in [0.29, 0.717) is 22.5 Å². The quantitative estimate of drug-likeness (QED) is 0.189. The Bertz CT molecular complexity index is 759. The van der Waals surface area contributed by atoms with Crippen molar-refractivity contribution in [2.75, 3.05) is 12.3 Å². The topological polar surface area (TPSA) is 137 Å². The molecule has 8 heteroatoms. The zero-order valence-electron chi connectivity index (χ0n) is 12.1. The molecule has 0 aromatic heterocycles. The van der Waals surface area contributed by atoms with E-state index in [0.717, 1.165) is 0 Å². The van der Waals surface area contributed by atoms with Crippen LogP contribution in [0.2, 0.25) is 0 Å². The third-order valence-corrected chi connectivity index (χ3v) is 3.09. The first-order chi connectivity index (χ1) is 11.0. The summed E-state index contributed by atoms with van der Waals surface area (Å²) in [4.78, 5) is 26.0. The van der Waals surface area contributed by atoms with Gasteiger partial charge in [-0.25, -0.2) is 5.84 Å². The summed E-state index contributed by atoms with van der Waals surface area (Å²) in [7, 11) is 0. The molecule has 0 heterocycles. The van der Waals surface area contributed by atoms with Gasteiger partial charge in [-0.05, 0) is 6.07 Å². The minimum absolute atomic E-state index is 0.110. The fraction of sp³-hybridized carbons (Fsp3) is 0.0667. The number of nitro benzene ring substituents is 1. The molecule has 0 unspecified atom stereocenters. The number of hydrazine groups is 1. The molecule has 0 saturated heterocycles. The maximum absolute atomic E-state index is 11.4. The van der Waals surface area contributed by atoms with E-state index in [4.69, 9.17) is 11.6 Å². The highest BCUT2D eigenvalue weighted by molar-refractivity contribution is 6.16. The van der Waals surface area contributed by atoms with Gasteiger partial charge in [-0.1, -0.05) is 30.3 Å². The van der Waals surface area contributed by atoms with Crippen LogP contribution >= 0.6 is 0 Å². The number of nitrogens with zero attached hydrogens (tertiary/aromatic N) is 2. The molecule has 0 aliphatic rings. The van der Waals surface area contributed by atoms with Crippen molar-refractivity contribution >= 4 is 23.0 Å². The molecule has 0 aliphatic carbocycles. The van der Waals surface area contributed by atoms with Crippen molar-refractivity contribution in [3.05, 3.63) is 69.8 Å². The molecule has 0 atom stereocenters. The lowest BCUT2D eigenvalue weighted by atomic mass is 10.00. The predicted molar refractivity (Wildman–Crippen MR) is 86.8 cm³/mol. The minimum atomic E-state index is -0.516. The fourth-order valence-electron chi connectivity index (χ4n) is 1.99. The summed E-state index contributed by atoms with van der Waals surface area (Å²) in [6, 6.07) is 13.0. The number of benzene rings is 2. The average molecular weight is 313 g/mol. The van der Waals surface area contributed by atoms with Crippen LogP contribution in [0, 0.1) is 10.1 Å². The highest BCUT2D eigenvalue weighted by atomic mass is 16.6. The van der Waals surface area contributed by atoms with Crippen LogP contribution in [0.1, 0.15) is 11.1 Å². The molecule has 2 aromatic carbocycles. The van der Waals surface area contributed by atoms with Crippen LogP contribution in [0.25, 0.3) is 0 Å². The summed E-state index contributed by atoms with van der Waals surface area (Å²) in [6.07, 6.45) is 0. The van der Waals surface area contributed by atoms with Gasteiger partial charge in [-0.3, -0.25) is 25.3 Å². The number of hydrogen-bond donors (Lipinski definition) is 3. The number of hydrogen-bond acceptors (Lipinski definition) is 6. The lowest BCUT2D eigenvalue weighted by Gasteiger charge is -2.10. The second-order valence-corrected chi connectivity index (χ2v) is 4.63. The number of non-ortho nitro benzene ring substituents is 1. The second-order valence-electron chi connectivity index (χ2n) is 4.63. The van der Waals surface area contributed by atoms with Gasteiger partial charge < -0.3 is 5.73 Å². The van der Waals surface area contributed by atoms with E-state index in [9.17, 15) is 14.9 Å². The van der Waals surface area contributed by atoms with Gasteiger partial charge in [-0.2, -0.15) is 0 Å². The highest BCUT2D eigenvalue weighted by Gasteiger charge is 2.15.